The van der Waals surface area contributed by atoms with Crippen LogP contribution in [-0.2, 0) is 6.61 Å². The van der Waals surface area contributed by atoms with Crippen molar-refractivity contribution in [3.8, 4) is 5.75 Å². The zero-order valence-electron chi connectivity index (χ0n) is 10.5. The topological polar surface area (TPSA) is 43.6 Å². The van der Waals surface area contributed by atoms with Crippen LogP contribution in [-0.4, -0.2) is 15.7 Å². The maximum atomic E-state index is 11.0. The van der Waals surface area contributed by atoms with Crippen LogP contribution in [0.2, 0.25) is 5.02 Å². The van der Waals surface area contributed by atoms with Gasteiger partial charge in [0, 0.05) is 17.4 Å². The number of fused-ring (bicyclic) bond motifs is 1. The molecule has 3 aromatic rings. The number of aldehydes is 1. The summed E-state index contributed by atoms with van der Waals surface area (Å²) in [5.74, 6) is 0.501. The fraction of sp³-hybridized carbons (Fsp3) is 0.0667. The molecule has 0 N–H and O–H groups in total. The third-order valence-electron chi connectivity index (χ3n) is 2.89. The second-order valence-corrected chi connectivity index (χ2v) is 4.72. The lowest BCUT2D eigenvalue weighted by molar-refractivity contribution is 0.111. The summed E-state index contributed by atoms with van der Waals surface area (Å²) in [5.41, 5.74) is 2.09. The van der Waals surface area contributed by atoms with Gasteiger partial charge in [-0.2, -0.15) is 0 Å². The molecule has 0 aliphatic rings. The van der Waals surface area contributed by atoms with Gasteiger partial charge in [-0.05, 0) is 30.3 Å². The Labute approximate surface area is 120 Å². The molecule has 0 saturated heterocycles. The van der Waals surface area contributed by atoms with Gasteiger partial charge >= 0.3 is 0 Å². The number of rotatable bonds is 4. The third kappa shape index (κ3) is 2.51. The van der Waals surface area contributed by atoms with Crippen molar-refractivity contribution < 1.29 is 9.53 Å². The molecule has 100 valence electrons. The van der Waals surface area contributed by atoms with Gasteiger partial charge in [-0.25, -0.2) is 4.98 Å². The van der Waals surface area contributed by atoms with E-state index in [9.17, 15) is 4.79 Å². The highest BCUT2D eigenvalue weighted by Crippen LogP contribution is 2.22. The van der Waals surface area contributed by atoms with Gasteiger partial charge in [0.25, 0.3) is 0 Å². The lowest BCUT2D eigenvalue weighted by atomic mass is 10.2. The van der Waals surface area contributed by atoms with Crippen molar-refractivity contribution in [2.45, 2.75) is 6.61 Å². The quantitative estimate of drug-likeness (QED) is 0.691. The second kappa shape index (κ2) is 5.35. The van der Waals surface area contributed by atoms with Crippen LogP contribution in [0.1, 0.15) is 16.1 Å². The molecule has 0 atom stereocenters. The number of hydrogen-bond acceptors (Lipinski definition) is 3. The van der Waals surface area contributed by atoms with E-state index in [0.29, 0.717) is 22.9 Å². The molecular formula is C15H11ClN2O2. The van der Waals surface area contributed by atoms with Crippen LogP contribution in [0.5, 0.6) is 5.75 Å². The zero-order valence-corrected chi connectivity index (χ0v) is 11.2. The summed E-state index contributed by atoms with van der Waals surface area (Å²) in [5, 5.41) is 0.507. The summed E-state index contributed by atoms with van der Waals surface area (Å²) in [6, 6.07) is 10.7. The van der Waals surface area contributed by atoms with Crippen molar-refractivity contribution >= 4 is 23.5 Å². The first-order valence-electron chi connectivity index (χ1n) is 6.06. The van der Waals surface area contributed by atoms with Crippen molar-refractivity contribution in [3.63, 3.8) is 0 Å². The van der Waals surface area contributed by atoms with Gasteiger partial charge in [-0.15, -0.1) is 0 Å². The number of nitrogens with zero attached hydrogens (tertiary/aromatic N) is 2. The van der Waals surface area contributed by atoms with Crippen molar-refractivity contribution in [1.29, 1.82) is 0 Å². The molecule has 0 saturated carbocycles. The molecule has 0 aliphatic heterocycles. The molecule has 5 heteroatoms. The molecule has 0 spiro atoms. The van der Waals surface area contributed by atoms with Gasteiger partial charge in [0.15, 0.2) is 6.29 Å². The number of carbonyl (C=O) groups excluding carboxylic acids is 1. The number of carbonyl (C=O) groups is 1. The van der Waals surface area contributed by atoms with Crippen LogP contribution in [0.4, 0.5) is 0 Å². The fourth-order valence-corrected chi connectivity index (χ4v) is 2.13. The summed E-state index contributed by atoms with van der Waals surface area (Å²) in [6.45, 7) is 0.296. The number of aromatic nitrogens is 2. The first-order valence-corrected chi connectivity index (χ1v) is 6.44. The smallest absolute Gasteiger partial charge is 0.153 e. The highest BCUT2D eigenvalue weighted by atomic mass is 35.5. The Bertz CT molecular complexity index is 734. The summed E-state index contributed by atoms with van der Waals surface area (Å²) < 4.78 is 7.55. The van der Waals surface area contributed by atoms with E-state index >= 15 is 0 Å². The molecule has 0 radical (unpaired) electrons. The van der Waals surface area contributed by atoms with E-state index < -0.39 is 0 Å². The van der Waals surface area contributed by atoms with Crippen molar-refractivity contribution in [2.24, 2.45) is 0 Å². The molecule has 2 heterocycles. The summed E-state index contributed by atoms with van der Waals surface area (Å²) in [6.07, 6.45) is 4.54. The summed E-state index contributed by atoms with van der Waals surface area (Å²) in [4.78, 5) is 15.4. The van der Waals surface area contributed by atoms with E-state index in [-0.39, 0.29) is 0 Å². The number of pyridine rings is 1. The van der Waals surface area contributed by atoms with Crippen molar-refractivity contribution in [3.05, 3.63) is 65.1 Å². The Morgan fingerprint density at radius 1 is 1.30 bits per heavy atom. The zero-order chi connectivity index (χ0) is 13.9. The number of hydrogen-bond donors (Lipinski definition) is 0. The average molecular weight is 287 g/mol. The Balaban J connectivity index is 1.80. The van der Waals surface area contributed by atoms with E-state index in [1.165, 1.54) is 0 Å². The molecule has 0 fully saturated rings. The standard InChI is InChI=1S/C15H11ClN2O2/c16-12-4-5-14(11(7-12)9-19)20-10-13-8-18-6-2-1-3-15(18)17-13/h1-9H,10H2. The molecule has 4 nitrogen and oxygen atoms in total. The summed E-state index contributed by atoms with van der Waals surface area (Å²) >= 11 is 5.84. The highest BCUT2D eigenvalue weighted by molar-refractivity contribution is 6.30. The molecule has 0 amide bonds. The van der Waals surface area contributed by atoms with E-state index in [1.807, 2.05) is 35.0 Å². The predicted molar refractivity (Wildman–Crippen MR) is 76.4 cm³/mol. The number of halogens is 1. The van der Waals surface area contributed by atoms with E-state index in [2.05, 4.69) is 4.98 Å². The van der Waals surface area contributed by atoms with Crippen LogP contribution >= 0.6 is 11.6 Å². The predicted octanol–water partition coefficient (Wildman–Crippen LogP) is 3.38. The van der Waals surface area contributed by atoms with Gasteiger partial charge in [-0.3, -0.25) is 4.79 Å². The number of ether oxygens (including phenoxy) is 1. The monoisotopic (exact) mass is 286 g/mol. The molecule has 2 aromatic heterocycles. The highest BCUT2D eigenvalue weighted by Gasteiger charge is 2.06. The maximum Gasteiger partial charge on any atom is 0.153 e. The summed E-state index contributed by atoms with van der Waals surface area (Å²) in [7, 11) is 0. The van der Waals surface area contributed by atoms with Crippen LogP contribution < -0.4 is 4.74 Å². The average Bonchev–Trinajstić information content (AvgIpc) is 2.88. The third-order valence-corrected chi connectivity index (χ3v) is 3.12. The van der Waals surface area contributed by atoms with Crippen LogP contribution in [0.3, 0.4) is 0 Å². The minimum absolute atomic E-state index is 0.296. The van der Waals surface area contributed by atoms with Gasteiger partial charge in [0.1, 0.15) is 18.0 Å². The van der Waals surface area contributed by atoms with Crippen LogP contribution in [0.25, 0.3) is 5.65 Å². The number of imidazole rings is 1. The Morgan fingerprint density at radius 3 is 3.00 bits per heavy atom. The van der Waals surface area contributed by atoms with Gasteiger partial charge in [0.2, 0.25) is 0 Å². The lowest BCUT2D eigenvalue weighted by Crippen LogP contribution is -1.98. The molecule has 0 bridgehead atoms. The van der Waals surface area contributed by atoms with Gasteiger partial charge in [-0.1, -0.05) is 17.7 Å². The molecule has 1 aromatic carbocycles. The normalized spacial score (nSPS) is 10.7. The first-order chi connectivity index (χ1) is 9.76. The molecular weight excluding hydrogens is 276 g/mol. The van der Waals surface area contributed by atoms with Crippen LogP contribution in [0, 0.1) is 0 Å². The van der Waals surface area contributed by atoms with Crippen LogP contribution in [0.15, 0.2) is 48.8 Å². The molecule has 20 heavy (non-hydrogen) atoms. The van der Waals surface area contributed by atoms with E-state index in [4.69, 9.17) is 16.3 Å². The minimum atomic E-state index is 0.296. The van der Waals surface area contributed by atoms with Gasteiger partial charge < -0.3 is 9.14 Å². The van der Waals surface area contributed by atoms with Crippen molar-refractivity contribution in [1.82, 2.24) is 9.38 Å². The Hall–Kier alpha value is -2.33. The minimum Gasteiger partial charge on any atom is -0.486 e. The second-order valence-electron chi connectivity index (χ2n) is 4.29. The largest absolute Gasteiger partial charge is 0.486 e. The van der Waals surface area contributed by atoms with E-state index in [1.54, 1.807) is 18.2 Å². The first kappa shape index (κ1) is 12.7. The Kier molecular flexibility index (Phi) is 3.39. The molecule has 0 unspecified atom stereocenters. The maximum absolute atomic E-state index is 11.0. The van der Waals surface area contributed by atoms with Crippen molar-refractivity contribution in [2.75, 3.05) is 0 Å². The molecule has 3 rings (SSSR count). The SMILES string of the molecule is O=Cc1cc(Cl)ccc1OCc1cn2ccccc2n1. The fourth-order valence-electron chi connectivity index (χ4n) is 1.95. The van der Waals surface area contributed by atoms with E-state index in [0.717, 1.165) is 17.6 Å². The Morgan fingerprint density at radius 2 is 2.20 bits per heavy atom. The lowest BCUT2D eigenvalue weighted by Gasteiger charge is -2.06. The van der Waals surface area contributed by atoms with Gasteiger partial charge in [0.05, 0.1) is 11.3 Å². The number of benzene rings is 1. The molecule has 0 aliphatic carbocycles.